The monoisotopic (exact) mass is 337 g/mol. The molecule has 25 heavy (non-hydrogen) atoms. The number of anilines is 1. The van der Waals surface area contributed by atoms with Gasteiger partial charge in [-0.25, -0.2) is 4.98 Å². The molecule has 1 atom stereocenters. The van der Waals surface area contributed by atoms with Crippen LogP contribution in [0.1, 0.15) is 30.4 Å². The summed E-state index contributed by atoms with van der Waals surface area (Å²) < 4.78 is 10.3. The van der Waals surface area contributed by atoms with Crippen LogP contribution in [-0.2, 0) is 11.3 Å². The van der Waals surface area contributed by atoms with Crippen molar-refractivity contribution in [2.45, 2.75) is 25.5 Å². The van der Waals surface area contributed by atoms with E-state index >= 15 is 0 Å². The largest absolute Gasteiger partial charge is 0.377 e. The quantitative estimate of drug-likeness (QED) is 0.708. The highest BCUT2D eigenvalue weighted by Crippen LogP contribution is 2.34. The molecule has 1 aliphatic rings. The standard InChI is InChI=1S/C18H19N5O2/c1-24-12-16-21-18(25-22-16)13-7-8-17(20-11-13)23-10-4-6-15(23)14-5-2-3-9-19-14/h2-3,5,7-9,11,15H,4,6,10,12H2,1H3. The predicted octanol–water partition coefficient (Wildman–Crippen LogP) is 3.01. The SMILES string of the molecule is COCc1noc(-c2ccc(N3CCCC3c3ccccn3)nc2)n1. The molecule has 0 radical (unpaired) electrons. The van der Waals surface area contributed by atoms with E-state index in [0.29, 0.717) is 18.3 Å². The van der Waals surface area contributed by atoms with Crippen LogP contribution in [0.25, 0.3) is 11.5 Å². The number of nitrogens with zero attached hydrogens (tertiary/aromatic N) is 5. The second kappa shape index (κ2) is 6.98. The summed E-state index contributed by atoms with van der Waals surface area (Å²) in [5.41, 5.74) is 1.89. The number of aromatic nitrogens is 4. The van der Waals surface area contributed by atoms with Crippen LogP contribution in [0.3, 0.4) is 0 Å². The molecule has 4 rings (SSSR count). The fourth-order valence-corrected chi connectivity index (χ4v) is 3.16. The highest BCUT2D eigenvalue weighted by atomic mass is 16.5. The Morgan fingerprint density at radius 2 is 2.20 bits per heavy atom. The first kappa shape index (κ1) is 15.7. The van der Waals surface area contributed by atoms with Gasteiger partial charge in [0, 0.05) is 26.0 Å². The maximum Gasteiger partial charge on any atom is 0.259 e. The molecule has 0 amide bonds. The van der Waals surface area contributed by atoms with Crippen LogP contribution in [0.5, 0.6) is 0 Å². The van der Waals surface area contributed by atoms with Gasteiger partial charge in [-0.1, -0.05) is 11.2 Å². The number of pyridine rings is 2. The summed E-state index contributed by atoms with van der Waals surface area (Å²) in [7, 11) is 1.60. The van der Waals surface area contributed by atoms with Crippen LogP contribution < -0.4 is 4.90 Å². The summed E-state index contributed by atoms with van der Waals surface area (Å²) in [6.45, 7) is 1.31. The topological polar surface area (TPSA) is 77.2 Å². The predicted molar refractivity (Wildman–Crippen MR) is 91.8 cm³/mol. The molecule has 0 N–H and O–H groups in total. The molecule has 1 fully saturated rings. The van der Waals surface area contributed by atoms with Crippen LogP contribution in [-0.4, -0.2) is 33.8 Å². The van der Waals surface area contributed by atoms with Gasteiger partial charge in [-0.2, -0.15) is 4.98 Å². The molecule has 1 saturated heterocycles. The number of hydrogen-bond donors (Lipinski definition) is 0. The van der Waals surface area contributed by atoms with Gasteiger partial charge in [-0.05, 0) is 37.1 Å². The summed E-state index contributed by atoms with van der Waals surface area (Å²) in [4.78, 5) is 15.7. The first-order valence-electron chi connectivity index (χ1n) is 8.30. The van der Waals surface area contributed by atoms with Crippen LogP contribution in [0, 0.1) is 0 Å². The van der Waals surface area contributed by atoms with E-state index < -0.39 is 0 Å². The third-order valence-electron chi connectivity index (χ3n) is 4.31. The Hall–Kier alpha value is -2.80. The summed E-state index contributed by atoms with van der Waals surface area (Å²) >= 11 is 0. The number of rotatable bonds is 5. The second-order valence-corrected chi connectivity index (χ2v) is 5.96. The third-order valence-corrected chi connectivity index (χ3v) is 4.31. The summed E-state index contributed by atoms with van der Waals surface area (Å²) in [6.07, 6.45) is 5.84. The van der Waals surface area contributed by atoms with Crippen molar-refractivity contribution in [1.29, 1.82) is 0 Å². The fraction of sp³-hybridized carbons (Fsp3) is 0.333. The fourth-order valence-electron chi connectivity index (χ4n) is 3.16. The van der Waals surface area contributed by atoms with Crippen molar-refractivity contribution in [2.75, 3.05) is 18.6 Å². The molecular formula is C18H19N5O2. The molecule has 0 saturated carbocycles. The molecule has 0 aromatic carbocycles. The summed E-state index contributed by atoms with van der Waals surface area (Å²) in [6, 6.07) is 10.3. The minimum atomic E-state index is 0.274. The second-order valence-electron chi connectivity index (χ2n) is 5.96. The van der Waals surface area contributed by atoms with Gasteiger partial charge in [0.15, 0.2) is 5.82 Å². The zero-order valence-electron chi connectivity index (χ0n) is 14.0. The highest BCUT2D eigenvalue weighted by molar-refractivity contribution is 5.55. The Labute approximate surface area is 145 Å². The average Bonchev–Trinajstić information content (AvgIpc) is 3.33. The van der Waals surface area contributed by atoms with E-state index in [-0.39, 0.29) is 6.04 Å². The highest BCUT2D eigenvalue weighted by Gasteiger charge is 2.28. The van der Waals surface area contributed by atoms with E-state index in [1.165, 1.54) is 0 Å². The lowest BCUT2D eigenvalue weighted by molar-refractivity contribution is 0.174. The van der Waals surface area contributed by atoms with E-state index in [4.69, 9.17) is 9.26 Å². The van der Waals surface area contributed by atoms with E-state index in [1.807, 2.05) is 30.5 Å². The van der Waals surface area contributed by atoms with Gasteiger partial charge in [0.05, 0.1) is 17.3 Å². The Morgan fingerprint density at radius 3 is 2.96 bits per heavy atom. The minimum Gasteiger partial charge on any atom is -0.377 e. The van der Waals surface area contributed by atoms with Crippen LogP contribution in [0.2, 0.25) is 0 Å². The third kappa shape index (κ3) is 3.23. The number of ether oxygens (including phenoxy) is 1. The number of methoxy groups -OCH3 is 1. The Morgan fingerprint density at radius 1 is 1.24 bits per heavy atom. The first-order chi connectivity index (χ1) is 12.3. The van der Waals surface area contributed by atoms with Gasteiger partial charge in [-0.3, -0.25) is 4.98 Å². The normalized spacial score (nSPS) is 17.2. The average molecular weight is 337 g/mol. The molecule has 1 unspecified atom stereocenters. The smallest absolute Gasteiger partial charge is 0.259 e. The lowest BCUT2D eigenvalue weighted by Crippen LogP contribution is -2.24. The van der Waals surface area contributed by atoms with Gasteiger partial charge < -0.3 is 14.2 Å². The van der Waals surface area contributed by atoms with Crippen molar-refractivity contribution in [3.8, 4) is 11.5 Å². The summed E-state index contributed by atoms with van der Waals surface area (Å²) in [5, 5.41) is 3.88. The lowest BCUT2D eigenvalue weighted by Gasteiger charge is -2.25. The molecular weight excluding hydrogens is 318 g/mol. The minimum absolute atomic E-state index is 0.274. The van der Waals surface area contributed by atoms with Crippen molar-refractivity contribution >= 4 is 5.82 Å². The van der Waals surface area contributed by atoms with Gasteiger partial charge in [0.25, 0.3) is 5.89 Å². The van der Waals surface area contributed by atoms with Crippen molar-refractivity contribution in [2.24, 2.45) is 0 Å². The molecule has 3 aromatic rings. The lowest BCUT2D eigenvalue weighted by atomic mass is 10.1. The molecule has 0 spiro atoms. The maximum absolute atomic E-state index is 5.25. The van der Waals surface area contributed by atoms with Crippen molar-refractivity contribution in [1.82, 2.24) is 20.1 Å². The Bertz CT molecular complexity index is 819. The van der Waals surface area contributed by atoms with E-state index in [9.17, 15) is 0 Å². The molecule has 0 bridgehead atoms. The van der Waals surface area contributed by atoms with Crippen molar-refractivity contribution in [3.63, 3.8) is 0 Å². The molecule has 7 heteroatoms. The van der Waals surface area contributed by atoms with E-state index in [1.54, 1.807) is 13.3 Å². The van der Waals surface area contributed by atoms with Crippen LogP contribution in [0.4, 0.5) is 5.82 Å². The molecule has 1 aliphatic heterocycles. The maximum atomic E-state index is 5.25. The molecule has 3 aromatic heterocycles. The van der Waals surface area contributed by atoms with Gasteiger partial charge in [0.1, 0.15) is 12.4 Å². The van der Waals surface area contributed by atoms with Gasteiger partial charge in [0.2, 0.25) is 0 Å². The van der Waals surface area contributed by atoms with E-state index in [0.717, 1.165) is 36.5 Å². The first-order valence-corrected chi connectivity index (χ1v) is 8.30. The zero-order chi connectivity index (χ0) is 17.1. The summed E-state index contributed by atoms with van der Waals surface area (Å²) in [5.74, 6) is 1.92. The molecule has 7 nitrogen and oxygen atoms in total. The van der Waals surface area contributed by atoms with E-state index in [2.05, 4.69) is 31.1 Å². The van der Waals surface area contributed by atoms with Crippen molar-refractivity contribution in [3.05, 3.63) is 54.2 Å². The Kier molecular flexibility index (Phi) is 4.39. The van der Waals surface area contributed by atoms with Gasteiger partial charge in [-0.15, -0.1) is 0 Å². The van der Waals surface area contributed by atoms with Crippen LogP contribution >= 0.6 is 0 Å². The number of hydrogen-bond acceptors (Lipinski definition) is 7. The van der Waals surface area contributed by atoms with Gasteiger partial charge >= 0.3 is 0 Å². The molecule has 0 aliphatic carbocycles. The molecule has 128 valence electrons. The molecule has 4 heterocycles. The Balaban J connectivity index is 1.55. The zero-order valence-corrected chi connectivity index (χ0v) is 14.0. The van der Waals surface area contributed by atoms with Crippen LogP contribution in [0.15, 0.2) is 47.2 Å². The van der Waals surface area contributed by atoms with Crippen molar-refractivity contribution < 1.29 is 9.26 Å².